The van der Waals surface area contributed by atoms with E-state index in [9.17, 15) is 9.65 Å². The molecule has 0 aromatic carbocycles. The van der Waals surface area contributed by atoms with E-state index in [2.05, 4.69) is 37.1 Å². The number of aromatic nitrogens is 1. The molecule has 2 heterocycles. The van der Waals surface area contributed by atoms with Crippen LogP contribution < -0.4 is 5.32 Å². The lowest BCUT2D eigenvalue weighted by Crippen LogP contribution is -2.21. The third-order valence-electron chi connectivity index (χ3n) is 5.84. The summed E-state index contributed by atoms with van der Waals surface area (Å²) in [6.07, 6.45) is 4.56. The van der Waals surface area contributed by atoms with E-state index in [1.165, 1.54) is 26.7 Å². The normalized spacial score (nSPS) is 29.7. The van der Waals surface area contributed by atoms with Gasteiger partial charge in [0.15, 0.2) is 0 Å². The van der Waals surface area contributed by atoms with Gasteiger partial charge in [0.2, 0.25) is 0 Å². The first-order chi connectivity index (χ1) is 11.2. The van der Waals surface area contributed by atoms with Gasteiger partial charge in [-0.2, -0.15) is 5.26 Å². The molecule has 1 fully saturated rings. The molecule has 130 valence electrons. The lowest BCUT2D eigenvalue weighted by atomic mass is 9.76. The van der Waals surface area contributed by atoms with Crippen molar-refractivity contribution in [2.45, 2.75) is 83.8 Å². The highest BCUT2D eigenvalue weighted by atomic mass is 19.1. The van der Waals surface area contributed by atoms with Crippen LogP contribution >= 0.6 is 0 Å². The van der Waals surface area contributed by atoms with Gasteiger partial charge in [-0.1, -0.05) is 26.7 Å². The molecule has 0 radical (unpaired) electrons. The lowest BCUT2D eigenvalue weighted by molar-refractivity contribution is 0.213. The van der Waals surface area contributed by atoms with Gasteiger partial charge in [-0.15, -0.1) is 0 Å². The third kappa shape index (κ3) is 2.79. The largest absolute Gasteiger partial charge is 0.380 e. The highest BCUT2D eigenvalue weighted by molar-refractivity contribution is 5.68. The Labute approximate surface area is 144 Å². The summed E-state index contributed by atoms with van der Waals surface area (Å²) in [4.78, 5) is 4.64. The maximum absolute atomic E-state index is 14.9. The second-order valence-electron chi connectivity index (χ2n) is 8.28. The van der Waals surface area contributed by atoms with Gasteiger partial charge < -0.3 is 5.32 Å². The minimum absolute atomic E-state index is 0.230. The molecule has 1 saturated carbocycles. The molecule has 3 nitrogen and oxygen atoms in total. The van der Waals surface area contributed by atoms with E-state index in [1.807, 2.05) is 0 Å². The number of hydrogen-bond acceptors (Lipinski definition) is 3. The van der Waals surface area contributed by atoms with Crippen molar-refractivity contribution in [3.05, 3.63) is 22.5 Å². The minimum Gasteiger partial charge on any atom is -0.380 e. The van der Waals surface area contributed by atoms with Gasteiger partial charge in [-0.25, -0.2) is 4.39 Å². The molecule has 0 saturated heterocycles. The number of alkyl halides is 1. The van der Waals surface area contributed by atoms with Crippen LogP contribution in [0.2, 0.25) is 0 Å². The number of rotatable bonds is 2. The van der Waals surface area contributed by atoms with Gasteiger partial charge in [0.1, 0.15) is 11.7 Å². The smallest absolute Gasteiger partial charge is 0.148 e. The second-order valence-corrected chi connectivity index (χ2v) is 8.28. The summed E-state index contributed by atoms with van der Waals surface area (Å²) < 4.78 is 14.9. The van der Waals surface area contributed by atoms with Gasteiger partial charge in [-0.05, 0) is 51.0 Å². The molecule has 1 aromatic rings. The summed E-state index contributed by atoms with van der Waals surface area (Å²) in [6, 6.07) is 2.56. The summed E-state index contributed by atoms with van der Waals surface area (Å²) in [5.74, 6) is 1.21. The van der Waals surface area contributed by atoms with Crippen molar-refractivity contribution in [3.8, 4) is 6.07 Å². The van der Waals surface area contributed by atoms with E-state index < -0.39 is 5.67 Å². The molecule has 4 atom stereocenters. The summed E-state index contributed by atoms with van der Waals surface area (Å²) in [6.45, 7) is 9.55. The third-order valence-corrected chi connectivity index (χ3v) is 5.84. The maximum Gasteiger partial charge on any atom is 0.148 e. The fraction of sp³-hybridized carbons (Fsp3) is 0.700. The van der Waals surface area contributed by atoms with Crippen LogP contribution in [0, 0.1) is 17.2 Å². The van der Waals surface area contributed by atoms with Gasteiger partial charge in [0.25, 0.3) is 0 Å². The monoisotopic (exact) mass is 329 g/mol. The van der Waals surface area contributed by atoms with E-state index in [0.717, 1.165) is 29.8 Å². The molecule has 4 unspecified atom stereocenters. The van der Waals surface area contributed by atoms with Crippen LogP contribution in [-0.2, 0) is 5.67 Å². The van der Waals surface area contributed by atoms with Crippen molar-refractivity contribution in [1.82, 2.24) is 4.98 Å². The topological polar surface area (TPSA) is 48.7 Å². The molecule has 3 rings (SSSR count). The van der Waals surface area contributed by atoms with Crippen molar-refractivity contribution < 1.29 is 4.39 Å². The summed E-state index contributed by atoms with van der Waals surface area (Å²) in [5, 5.41) is 13.4. The van der Waals surface area contributed by atoms with Crippen LogP contribution in [0.15, 0.2) is 0 Å². The van der Waals surface area contributed by atoms with E-state index >= 15 is 0 Å². The first kappa shape index (κ1) is 17.2. The predicted octanol–water partition coefficient (Wildman–Crippen LogP) is 5.37. The molecule has 0 amide bonds. The van der Waals surface area contributed by atoms with E-state index in [1.54, 1.807) is 0 Å². The van der Waals surface area contributed by atoms with Crippen LogP contribution in [-0.4, -0.2) is 11.0 Å². The van der Waals surface area contributed by atoms with Crippen molar-refractivity contribution in [1.29, 1.82) is 5.26 Å². The Morgan fingerprint density at radius 1 is 1.25 bits per heavy atom. The van der Waals surface area contributed by atoms with E-state index in [-0.39, 0.29) is 12.0 Å². The molecular formula is C20H28FN3. The van der Waals surface area contributed by atoms with Crippen molar-refractivity contribution in [3.63, 3.8) is 0 Å². The van der Waals surface area contributed by atoms with Gasteiger partial charge in [0, 0.05) is 12.0 Å². The Morgan fingerprint density at radius 2 is 1.96 bits per heavy atom. The SMILES string of the molecule is CC1CCCC(c2c(C#N)c(C(C)(C)F)nc3c2NC(C)C3C)C1. The molecule has 1 aromatic heterocycles. The second kappa shape index (κ2) is 6.02. The van der Waals surface area contributed by atoms with Crippen LogP contribution in [0.3, 0.4) is 0 Å². The zero-order valence-corrected chi connectivity index (χ0v) is 15.4. The summed E-state index contributed by atoms with van der Waals surface area (Å²) >= 11 is 0. The average molecular weight is 329 g/mol. The number of nitrogens with zero attached hydrogens (tertiary/aromatic N) is 2. The van der Waals surface area contributed by atoms with Gasteiger partial charge in [0.05, 0.1) is 22.6 Å². The molecule has 0 bridgehead atoms. The summed E-state index contributed by atoms with van der Waals surface area (Å²) in [7, 11) is 0. The zero-order chi connectivity index (χ0) is 17.6. The Hall–Kier alpha value is -1.63. The van der Waals surface area contributed by atoms with E-state index in [4.69, 9.17) is 0 Å². The molecule has 24 heavy (non-hydrogen) atoms. The molecule has 1 aliphatic carbocycles. The molecule has 2 aliphatic rings. The molecule has 0 spiro atoms. The highest BCUT2D eigenvalue weighted by Crippen LogP contribution is 2.48. The van der Waals surface area contributed by atoms with Crippen molar-refractivity contribution >= 4 is 5.69 Å². The first-order valence-corrected chi connectivity index (χ1v) is 9.17. The Balaban J connectivity index is 2.24. The van der Waals surface area contributed by atoms with Gasteiger partial charge in [-0.3, -0.25) is 4.98 Å². The number of fused-ring (bicyclic) bond motifs is 1. The van der Waals surface area contributed by atoms with Crippen LogP contribution in [0.25, 0.3) is 0 Å². The quantitative estimate of drug-likeness (QED) is 0.793. The van der Waals surface area contributed by atoms with Crippen LogP contribution in [0.4, 0.5) is 10.1 Å². The Kier molecular flexibility index (Phi) is 4.32. The predicted molar refractivity (Wildman–Crippen MR) is 95.0 cm³/mol. The molecule has 1 aliphatic heterocycles. The highest BCUT2D eigenvalue weighted by Gasteiger charge is 2.38. The van der Waals surface area contributed by atoms with E-state index in [0.29, 0.717) is 23.1 Å². The van der Waals surface area contributed by atoms with Crippen molar-refractivity contribution in [2.24, 2.45) is 5.92 Å². The molecular weight excluding hydrogens is 301 g/mol. The maximum atomic E-state index is 14.9. The summed E-state index contributed by atoms with van der Waals surface area (Å²) in [5.41, 5.74) is 2.16. The molecule has 4 heteroatoms. The minimum atomic E-state index is -1.61. The number of nitriles is 1. The number of anilines is 1. The number of halogens is 1. The Morgan fingerprint density at radius 3 is 2.54 bits per heavy atom. The fourth-order valence-electron chi connectivity index (χ4n) is 4.34. The van der Waals surface area contributed by atoms with Gasteiger partial charge >= 0.3 is 0 Å². The average Bonchev–Trinajstić information content (AvgIpc) is 2.79. The zero-order valence-electron chi connectivity index (χ0n) is 15.4. The van der Waals surface area contributed by atoms with Crippen LogP contribution in [0.5, 0.6) is 0 Å². The van der Waals surface area contributed by atoms with Crippen molar-refractivity contribution in [2.75, 3.05) is 5.32 Å². The number of hydrogen-bond donors (Lipinski definition) is 1. The molecule has 1 N–H and O–H groups in total. The number of pyridine rings is 1. The standard InChI is InChI=1S/C20H28FN3/c1-11-7-6-8-14(9-11)16-15(10-22)19(20(4,5)21)24-17-12(2)13(3)23-18(16)17/h11-14,23H,6-9H2,1-5H3. The van der Waals surface area contributed by atoms with Crippen LogP contribution in [0.1, 0.15) is 94.7 Å². The number of nitrogens with one attached hydrogen (secondary N) is 1. The lowest BCUT2D eigenvalue weighted by Gasteiger charge is -2.30. The Bertz CT molecular complexity index is 684. The first-order valence-electron chi connectivity index (χ1n) is 9.17. The fourth-order valence-corrected chi connectivity index (χ4v) is 4.34.